The third-order valence-electron chi connectivity index (χ3n) is 7.91. The molecule has 0 amide bonds. The Labute approximate surface area is 174 Å². The van der Waals surface area contributed by atoms with Gasteiger partial charge in [0.1, 0.15) is 0 Å². The minimum atomic E-state index is 0. The van der Waals surface area contributed by atoms with Crippen LogP contribution in [0.5, 0.6) is 0 Å². The smallest absolute Gasteiger partial charge is 0.0524 e. The molecule has 148 valence electrons. The summed E-state index contributed by atoms with van der Waals surface area (Å²) in [5.74, 6) is 2.67. The molecule has 3 unspecified atom stereocenters. The normalized spacial score (nSPS) is 29.0. The van der Waals surface area contributed by atoms with Crippen LogP contribution in [-0.2, 0) is 6.42 Å². The maximum atomic E-state index is 4.46. The van der Waals surface area contributed by atoms with Crippen LogP contribution < -0.4 is 0 Å². The van der Waals surface area contributed by atoms with Gasteiger partial charge in [0.15, 0.2) is 0 Å². The summed E-state index contributed by atoms with van der Waals surface area (Å²) >= 11 is 0. The van der Waals surface area contributed by atoms with Gasteiger partial charge in [0.05, 0.1) is 11.2 Å². The highest BCUT2D eigenvalue weighted by Crippen LogP contribution is 2.48. The van der Waals surface area contributed by atoms with Crippen molar-refractivity contribution in [3.05, 3.63) is 47.9 Å². The quantitative estimate of drug-likeness (QED) is 0.541. The van der Waals surface area contributed by atoms with E-state index in [-0.39, 0.29) is 12.4 Å². The fourth-order valence-electron chi connectivity index (χ4n) is 6.72. The molecule has 2 aromatic rings. The van der Waals surface area contributed by atoms with Gasteiger partial charge in [-0.25, -0.2) is 0 Å². The summed E-state index contributed by atoms with van der Waals surface area (Å²) in [5.41, 5.74) is 5.96. The Bertz CT molecular complexity index is 931. The molecule has 0 N–H and O–H groups in total. The first kappa shape index (κ1) is 18.5. The van der Waals surface area contributed by atoms with E-state index in [1.807, 2.05) is 6.20 Å². The van der Waals surface area contributed by atoms with E-state index in [9.17, 15) is 0 Å². The van der Waals surface area contributed by atoms with E-state index in [4.69, 9.17) is 0 Å². The maximum absolute atomic E-state index is 4.46. The van der Waals surface area contributed by atoms with Crippen molar-refractivity contribution in [1.82, 2.24) is 9.55 Å². The van der Waals surface area contributed by atoms with Crippen LogP contribution in [-0.4, -0.2) is 9.55 Å². The summed E-state index contributed by atoms with van der Waals surface area (Å²) in [6.07, 6.45) is 25.5. The van der Waals surface area contributed by atoms with Crippen LogP contribution in [0.15, 0.2) is 36.7 Å². The van der Waals surface area contributed by atoms with E-state index in [2.05, 4.69) is 40.0 Å². The van der Waals surface area contributed by atoms with Crippen molar-refractivity contribution in [3.63, 3.8) is 0 Å². The van der Waals surface area contributed by atoms with Crippen molar-refractivity contribution in [2.24, 2.45) is 17.8 Å². The predicted molar refractivity (Wildman–Crippen MR) is 119 cm³/mol. The molecular weight excluding hydrogens is 364 g/mol. The molecule has 1 aliphatic heterocycles. The minimum Gasteiger partial charge on any atom is -0.336 e. The van der Waals surface area contributed by atoms with Crippen LogP contribution in [0.4, 0.5) is 0 Å². The lowest BCUT2D eigenvalue weighted by molar-refractivity contribution is 0.195. The number of fused-ring (bicyclic) bond motifs is 5. The zero-order valence-corrected chi connectivity index (χ0v) is 17.5. The van der Waals surface area contributed by atoms with Crippen molar-refractivity contribution in [1.29, 1.82) is 0 Å². The molecule has 3 aliphatic carbocycles. The molecule has 2 fully saturated rings. The maximum Gasteiger partial charge on any atom is 0.0524 e. The van der Waals surface area contributed by atoms with Crippen molar-refractivity contribution in [2.75, 3.05) is 0 Å². The minimum absolute atomic E-state index is 0. The fourth-order valence-corrected chi connectivity index (χ4v) is 6.72. The predicted octanol–water partition coefficient (Wildman–Crippen LogP) is 6.90. The van der Waals surface area contributed by atoms with Gasteiger partial charge in [-0.2, -0.15) is 0 Å². The molecule has 4 aliphatic rings. The number of aryl methyl sites for hydroxylation is 1. The lowest BCUT2D eigenvalue weighted by atomic mass is 9.74. The van der Waals surface area contributed by atoms with Gasteiger partial charge in [-0.1, -0.05) is 43.9 Å². The molecular formula is C25H31ClN2. The standard InChI is InChI=1S/C25H30N2.ClH/c1-2-5-17(4-1)14-18-8-11-23-20(15-18)10-9-19-6-3-7-21-22-16-26-13-12-24(22)27(23)25(19)21;/h6,9-10,12-13,16-18,20,23H,1-5,7-8,11,14-15H2;1H. The zero-order valence-electron chi connectivity index (χ0n) is 16.6. The number of aromatic nitrogens is 2. The monoisotopic (exact) mass is 394 g/mol. The highest BCUT2D eigenvalue weighted by atomic mass is 35.5. The Hall–Kier alpha value is -1.54. The van der Waals surface area contributed by atoms with Crippen molar-refractivity contribution >= 4 is 28.9 Å². The molecule has 28 heavy (non-hydrogen) atoms. The highest BCUT2D eigenvalue weighted by molar-refractivity contribution is 5.93. The molecule has 6 rings (SSSR count). The van der Waals surface area contributed by atoms with Crippen LogP contribution >= 0.6 is 12.4 Å². The number of hydrogen-bond donors (Lipinski definition) is 0. The number of halogens is 1. The topological polar surface area (TPSA) is 17.8 Å². The van der Waals surface area contributed by atoms with Crippen molar-refractivity contribution in [2.45, 2.75) is 70.3 Å². The second-order valence-electron chi connectivity index (χ2n) is 9.44. The third-order valence-corrected chi connectivity index (χ3v) is 7.91. The molecule has 2 aromatic heterocycles. The number of hydrogen-bond acceptors (Lipinski definition) is 1. The number of rotatable bonds is 2. The molecule has 3 heterocycles. The summed E-state index contributed by atoms with van der Waals surface area (Å²) in [4.78, 5) is 4.46. The molecule has 3 heteroatoms. The van der Waals surface area contributed by atoms with E-state index in [0.717, 1.165) is 11.8 Å². The number of pyridine rings is 1. The van der Waals surface area contributed by atoms with Crippen LogP contribution in [0.3, 0.4) is 0 Å². The first-order valence-corrected chi connectivity index (χ1v) is 11.2. The Morgan fingerprint density at radius 2 is 1.96 bits per heavy atom. The lowest BCUT2D eigenvalue weighted by Gasteiger charge is -2.37. The van der Waals surface area contributed by atoms with Crippen LogP contribution in [0.1, 0.15) is 75.1 Å². The van der Waals surface area contributed by atoms with E-state index in [1.165, 1.54) is 86.4 Å². The molecule has 0 spiro atoms. The Kier molecular flexibility index (Phi) is 4.87. The SMILES string of the molecule is C1=CC2CC(CC3CCCC3)CCC2n2c3c(c4cnccc42)CCC=C13.Cl. The summed E-state index contributed by atoms with van der Waals surface area (Å²) < 4.78 is 2.73. The molecule has 0 saturated heterocycles. The van der Waals surface area contributed by atoms with E-state index < -0.39 is 0 Å². The molecule has 2 nitrogen and oxygen atoms in total. The third kappa shape index (κ3) is 2.87. The van der Waals surface area contributed by atoms with Crippen LogP contribution in [0.25, 0.3) is 16.5 Å². The van der Waals surface area contributed by atoms with Gasteiger partial charge < -0.3 is 4.57 Å². The molecule has 0 radical (unpaired) electrons. The average Bonchev–Trinajstić information content (AvgIpc) is 3.28. The Balaban J connectivity index is 0.00000171. The summed E-state index contributed by atoms with van der Waals surface area (Å²) in [5, 5.41) is 1.40. The molecule has 2 saturated carbocycles. The van der Waals surface area contributed by atoms with E-state index >= 15 is 0 Å². The fraction of sp³-hybridized carbons (Fsp3) is 0.560. The van der Waals surface area contributed by atoms with Crippen molar-refractivity contribution < 1.29 is 0 Å². The van der Waals surface area contributed by atoms with Gasteiger partial charge in [-0.15, -0.1) is 12.4 Å². The van der Waals surface area contributed by atoms with Gasteiger partial charge in [-0.05, 0) is 73.5 Å². The molecule has 0 aromatic carbocycles. The van der Waals surface area contributed by atoms with Gasteiger partial charge >= 0.3 is 0 Å². The first-order chi connectivity index (χ1) is 13.4. The lowest BCUT2D eigenvalue weighted by Crippen LogP contribution is -2.27. The van der Waals surface area contributed by atoms with Gasteiger partial charge in [0, 0.05) is 23.8 Å². The summed E-state index contributed by atoms with van der Waals surface area (Å²) in [7, 11) is 0. The number of allylic oxidation sites excluding steroid dienone is 4. The number of nitrogens with zero attached hydrogens (tertiary/aromatic N) is 2. The largest absolute Gasteiger partial charge is 0.336 e. The Morgan fingerprint density at radius 1 is 1.07 bits per heavy atom. The van der Waals surface area contributed by atoms with Gasteiger partial charge in [0.2, 0.25) is 0 Å². The van der Waals surface area contributed by atoms with E-state index in [1.54, 1.807) is 5.56 Å². The van der Waals surface area contributed by atoms with Crippen LogP contribution in [0, 0.1) is 17.8 Å². The average molecular weight is 395 g/mol. The van der Waals surface area contributed by atoms with Gasteiger partial charge in [-0.3, -0.25) is 4.98 Å². The summed E-state index contributed by atoms with van der Waals surface area (Å²) in [6, 6.07) is 2.90. The summed E-state index contributed by atoms with van der Waals surface area (Å²) in [6.45, 7) is 0. The van der Waals surface area contributed by atoms with E-state index in [0.29, 0.717) is 12.0 Å². The van der Waals surface area contributed by atoms with Crippen molar-refractivity contribution in [3.8, 4) is 0 Å². The first-order valence-electron chi connectivity index (χ1n) is 11.2. The van der Waals surface area contributed by atoms with Crippen LogP contribution in [0.2, 0.25) is 0 Å². The Morgan fingerprint density at radius 3 is 2.86 bits per heavy atom. The highest BCUT2D eigenvalue weighted by Gasteiger charge is 2.36. The molecule has 3 atom stereocenters. The van der Waals surface area contributed by atoms with Gasteiger partial charge in [0.25, 0.3) is 0 Å². The molecule has 0 bridgehead atoms. The zero-order chi connectivity index (χ0) is 17.8. The second kappa shape index (κ2) is 7.37. The second-order valence-corrected chi connectivity index (χ2v) is 9.44.